The lowest BCUT2D eigenvalue weighted by Gasteiger charge is -2.11. The molecular weight excluding hydrogens is 358 g/mol. The summed E-state index contributed by atoms with van der Waals surface area (Å²) in [4.78, 5) is 0.227. The number of sulfonamides is 1. The first-order valence-electron chi connectivity index (χ1n) is 8.50. The zero-order valence-electron chi connectivity index (χ0n) is 14.8. The van der Waals surface area contributed by atoms with Gasteiger partial charge in [-0.2, -0.15) is 5.26 Å². The van der Waals surface area contributed by atoms with E-state index in [1.807, 2.05) is 31.2 Å². The fourth-order valence-corrected chi connectivity index (χ4v) is 3.64. The van der Waals surface area contributed by atoms with E-state index >= 15 is 0 Å². The molecule has 3 aromatic carbocycles. The molecule has 0 atom stereocenters. The van der Waals surface area contributed by atoms with Gasteiger partial charge in [-0.05, 0) is 60.5 Å². The average Bonchev–Trinajstić information content (AvgIpc) is 2.70. The highest BCUT2D eigenvalue weighted by molar-refractivity contribution is 7.92. The predicted octanol–water partition coefficient (Wildman–Crippen LogP) is 4.67. The van der Waals surface area contributed by atoms with Crippen LogP contribution in [0.15, 0.2) is 77.7 Å². The molecule has 0 saturated carbocycles. The van der Waals surface area contributed by atoms with Crippen LogP contribution in [0.25, 0.3) is 0 Å². The number of anilines is 3. The lowest BCUT2D eigenvalue weighted by molar-refractivity contribution is 0.601. The Hall–Kier alpha value is -3.30. The van der Waals surface area contributed by atoms with Crippen molar-refractivity contribution in [1.82, 2.24) is 0 Å². The number of aryl methyl sites for hydroxylation is 1. The van der Waals surface area contributed by atoms with Crippen molar-refractivity contribution in [2.24, 2.45) is 0 Å². The molecule has 6 heteroatoms. The van der Waals surface area contributed by atoms with Crippen LogP contribution < -0.4 is 10.0 Å². The molecule has 0 fully saturated rings. The van der Waals surface area contributed by atoms with Gasteiger partial charge in [0.05, 0.1) is 16.1 Å². The van der Waals surface area contributed by atoms with Gasteiger partial charge < -0.3 is 5.32 Å². The molecule has 0 aliphatic carbocycles. The van der Waals surface area contributed by atoms with Gasteiger partial charge in [-0.3, -0.25) is 4.72 Å². The van der Waals surface area contributed by atoms with Crippen molar-refractivity contribution in [3.05, 3.63) is 83.9 Å². The van der Waals surface area contributed by atoms with Crippen LogP contribution in [0.2, 0.25) is 0 Å². The largest absolute Gasteiger partial charge is 0.354 e. The van der Waals surface area contributed by atoms with E-state index in [2.05, 4.69) is 16.1 Å². The Labute approximate surface area is 159 Å². The molecule has 3 aromatic rings. The van der Waals surface area contributed by atoms with Crippen LogP contribution in [0, 0.1) is 11.3 Å². The second-order valence-electron chi connectivity index (χ2n) is 5.96. The van der Waals surface area contributed by atoms with E-state index in [4.69, 9.17) is 5.26 Å². The van der Waals surface area contributed by atoms with Crippen LogP contribution in [0.5, 0.6) is 0 Å². The lowest BCUT2D eigenvalue weighted by atomic mass is 10.2. The summed E-state index contributed by atoms with van der Waals surface area (Å²) in [5.41, 5.74) is 3.55. The maximum Gasteiger partial charge on any atom is 0.261 e. The highest BCUT2D eigenvalue weighted by Gasteiger charge is 2.14. The second kappa shape index (κ2) is 7.94. The van der Waals surface area contributed by atoms with Gasteiger partial charge in [0.25, 0.3) is 10.0 Å². The minimum atomic E-state index is -3.63. The van der Waals surface area contributed by atoms with Gasteiger partial charge in [0, 0.05) is 11.4 Å². The van der Waals surface area contributed by atoms with Crippen LogP contribution in [0.3, 0.4) is 0 Å². The van der Waals surface area contributed by atoms with E-state index in [9.17, 15) is 8.42 Å². The summed E-state index contributed by atoms with van der Waals surface area (Å²) in [5.74, 6) is 0. The van der Waals surface area contributed by atoms with Crippen molar-refractivity contribution < 1.29 is 8.42 Å². The van der Waals surface area contributed by atoms with Crippen LogP contribution in [-0.4, -0.2) is 8.42 Å². The fourth-order valence-electron chi connectivity index (χ4n) is 2.59. The molecule has 5 nitrogen and oxygen atoms in total. The summed E-state index contributed by atoms with van der Waals surface area (Å²) in [7, 11) is -3.63. The van der Waals surface area contributed by atoms with Crippen LogP contribution in [-0.2, 0) is 16.4 Å². The third-order valence-corrected chi connectivity index (χ3v) is 5.50. The van der Waals surface area contributed by atoms with Crippen molar-refractivity contribution in [1.29, 1.82) is 5.26 Å². The number of hydrogen-bond acceptors (Lipinski definition) is 4. The quantitative estimate of drug-likeness (QED) is 0.654. The van der Waals surface area contributed by atoms with Crippen molar-refractivity contribution in [3.63, 3.8) is 0 Å². The van der Waals surface area contributed by atoms with Crippen molar-refractivity contribution in [2.75, 3.05) is 10.0 Å². The molecule has 3 rings (SSSR count). The molecule has 0 spiro atoms. The molecule has 0 saturated heterocycles. The normalized spacial score (nSPS) is 10.8. The SMILES string of the molecule is CCc1ccc(S(=O)(=O)Nc2ccc(Nc3ccccc3C#N)cc2)cc1. The molecule has 0 unspecified atom stereocenters. The van der Waals surface area contributed by atoms with Gasteiger partial charge in [0.2, 0.25) is 0 Å². The van der Waals surface area contributed by atoms with E-state index in [-0.39, 0.29) is 4.90 Å². The number of para-hydroxylation sites is 1. The minimum Gasteiger partial charge on any atom is -0.354 e. The first kappa shape index (κ1) is 18.5. The third kappa shape index (κ3) is 4.46. The first-order chi connectivity index (χ1) is 13.0. The van der Waals surface area contributed by atoms with E-state index in [1.54, 1.807) is 48.5 Å². The number of nitrogens with zero attached hydrogens (tertiary/aromatic N) is 1. The molecule has 0 aliphatic rings. The Morgan fingerprint density at radius 2 is 1.52 bits per heavy atom. The minimum absolute atomic E-state index is 0.227. The number of nitriles is 1. The Morgan fingerprint density at radius 1 is 0.889 bits per heavy atom. The van der Waals surface area contributed by atoms with E-state index in [1.165, 1.54) is 0 Å². The van der Waals surface area contributed by atoms with Crippen LogP contribution in [0.4, 0.5) is 17.1 Å². The molecule has 0 heterocycles. The van der Waals surface area contributed by atoms with Gasteiger partial charge in [0.1, 0.15) is 6.07 Å². The summed E-state index contributed by atoms with van der Waals surface area (Å²) in [6.07, 6.45) is 0.858. The van der Waals surface area contributed by atoms with E-state index < -0.39 is 10.0 Å². The molecule has 0 radical (unpaired) electrons. The molecule has 27 heavy (non-hydrogen) atoms. The maximum absolute atomic E-state index is 12.5. The molecule has 0 aromatic heterocycles. The Bertz CT molecular complexity index is 1070. The van der Waals surface area contributed by atoms with Gasteiger partial charge in [-0.25, -0.2) is 8.42 Å². The van der Waals surface area contributed by atoms with Gasteiger partial charge in [0.15, 0.2) is 0 Å². The lowest BCUT2D eigenvalue weighted by Crippen LogP contribution is -2.12. The number of benzene rings is 3. The van der Waals surface area contributed by atoms with E-state index in [0.29, 0.717) is 16.9 Å². The smallest absolute Gasteiger partial charge is 0.261 e. The first-order valence-corrected chi connectivity index (χ1v) is 9.98. The molecule has 0 amide bonds. The molecular formula is C21H19N3O2S. The summed E-state index contributed by atoms with van der Waals surface area (Å²) in [5, 5.41) is 12.3. The number of nitrogens with one attached hydrogen (secondary N) is 2. The zero-order chi connectivity index (χ0) is 19.3. The van der Waals surface area contributed by atoms with Gasteiger partial charge in [-0.15, -0.1) is 0 Å². The molecule has 2 N–H and O–H groups in total. The Balaban J connectivity index is 1.74. The topological polar surface area (TPSA) is 82.0 Å². The molecule has 0 aliphatic heterocycles. The number of rotatable bonds is 6. The zero-order valence-corrected chi connectivity index (χ0v) is 15.6. The van der Waals surface area contributed by atoms with Crippen molar-refractivity contribution in [3.8, 4) is 6.07 Å². The summed E-state index contributed by atoms with van der Waals surface area (Å²) in [6, 6.07) is 23.0. The maximum atomic E-state index is 12.5. The van der Waals surface area contributed by atoms with Crippen LogP contribution >= 0.6 is 0 Å². The number of hydrogen-bond donors (Lipinski definition) is 2. The Kier molecular flexibility index (Phi) is 5.43. The Morgan fingerprint density at radius 3 is 2.15 bits per heavy atom. The van der Waals surface area contributed by atoms with Gasteiger partial charge in [-0.1, -0.05) is 31.2 Å². The standard InChI is InChI=1S/C21H19N3O2S/c1-2-16-7-13-20(14-8-16)27(25,26)24-19-11-9-18(10-12-19)23-21-6-4-3-5-17(21)15-22/h3-14,23-24H,2H2,1H3. The van der Waals surface area contributed by atoms with Crippen LogP contribution in [0.1, 0.15) is 18.1 Å². The second-order valence-corrected chi connectivity index (χ2v) is 7.65. The third-order valence-electron chi connectivity index (χ3n) is 4.11. The van der Waals surface area contributed by atoms with Crippen molar-refractivity contribution in [2.45, 2.75) is 18.2 Å². The molecule has 136 valence electrons. The monoisotopic (exact) mass is 377 g/mol. The predicted molar refractivity (Wildman–Crippen MR) is 108 cm³/mol. The van der Waals surface area contributed by atoms with Gasteiger partial charge >= 0.3 is 0 Å². The summed E-state index contributed by atoms with van der Waals surface area (Å²) >= 11 is 0. The van der Waals surface area contributed by atoms with E-state index in [0.717, 1.165) is 17.7 Å². The molecule has 0 bridgehead atoms. The van der Waals surface area contributed by atoms with Crippen molar-refractivity contribution >= 4 is 27.1 Å². The fraction of sp³-hybridized carbons (Fsp3) is 0.0952. The summed E-state index contributed by atoms with van der Waals surface area (Å²) in [6.45, 7) is 2.02. The average molecular weight is 377 g/mol. The summed E-state index contributed by atoms with van der Waals surface area (Å²) < 4.78 is 27.6. The highest BCUT2D eigenvalue weighted by atomic mass is 32.2. The highest BCUT2D eigenvalue weighted by Crippen LogP contribution is 2.23.